The molecule has 0 bridgehead atoms. The molecule has 1 aromatic rings. The summed E-state index contributed by atoms with van der Waals surface area (Å²) < 4.78 is 0. The number of benzene rings is 1. The van der Waals surface area contributed by atoms with Gasteiger partial charge in [0, 0.05) is 6.54 Å². The molecule has 5 unspecified atom stereocenters. The molecule has 0 radical (unpaired) electrons. The Bertz CT molecular complexity index is 912. The van der Waals surface area contributed by atoms with Crippen LogP contribution in [0.25, 0.3) is 0 Å². The Morgan fingerprint density at radius 1 is 1.19 bits per heavy atom. The second-order valence-electron chi connectivity index (χ2n) is 9.22. The SMILES string of the molecule is CCC(C)C(NC(=O)C1CCCN1C(=O)C(CCSC)NC(=O)C(N)Cc1ccc(O)cc1)C(=O)O. The molecule has 1 saturated heterocycles. The lowest BCUT2D eigenvalue weighted by atomic mass is 9.98. The number of amides is 3. The van der Waals surface area contributed by atoms with Crippen LogP contribution in [0.15, 0.2) is 24.3 Å². The summed E-state index contributed by atoms with van der Waals surface area (Å²) in [6.07, 6.45) is 4.11. The van der Waals surface area contributed by atoms with Gasteiger partial charge in [-0.1, -0.05) is 32.4 Å². The Morgan fingerprint density at radius 3 is 2.44 bits per heavy atom. The molecule has 2 rings (SSSR count). The molecule has 5 atom stereocenters. The molecule has 1 heterocycles. The van der Waals surface area contributed by atoms with Crippen LogP contribution >= 0.6 is 11.8 Å². The van der Waals surface area contributed by atoms with Gasteiger partial charge in [0.15, 0.2) is 0 Å². The van der Waals surface area contributed by atoms with Crippen LogP contribution in [0.4, 0.5) is 0 Å². The van der Waals surface area contributed by atoms with Gasteiger partial charge in [-0.05, 0) is 61.3 Å². The maximum Gasteiger partial charge on any atom is 0.326 e. The molecule has 1 fully saturated rings. The van der Waals surface area contributed by atoms with Gasteiger partial charge in [0.25, 0.3) is 0 Å². The topological polar surface area (TPSA) is 162 Å². The summed E-state index contributed by atoms with van der Waals surface area (Å²) in [5, 5.41) is 24.3. The number of carboxylic acid groups (broad SMARTS) is 1. The van der Waals surface area contributed by atoms with Crippen LogP contribution in [0, 0.1) is 5.92 Å². The Labute approximate surface area is 216 Å². The highest BCUT2D eigenvalue weighted by Gasteiger charge is 2.39. The van der Waals surface area contributed by atoms with E-state index < -0.39 is 42.0 Å². The number of hydrogen-bond acceptors (Lipinski definition) is 7. The lowest BCUT2D eigenvalue weighted by Gasteiger charge is -2.30. The monoisotopic (exact) mass is 522 g/mol. The van der Waals surface area contributed by atoms with E-state index in [1.54, 1.807) is 19.1 Å². The predicted octanol–water partition coefficient (Wildman–Crippen LogP) is 1.11. The van der Waals surface area contributed by atoms with Crippen molar-refractivity contribution >= 4 is 35.5 Å². The van der Waals surface area contributed by atoms with Gasteiger partial charge in [0.1, 0.15) is 23.9 Å². The fourth-order valence-electron chi connectivity index (χ4n) is 4.19. The summed E-state index contributed by atoms with van der Waals surface area (Å²) in [6, 6.07) is 2.80. The molecule has 0 saturated carbocycles. The summed E-state index contributed by atoms with van der Waals surface area (Å²) in [6.45, 7) is 3.96. The molecule has 200 valence electrons. The van der Waals surface area contributed by atoms with Crippen molar-refractivity contribution in [2.45, 2.75) is 70.1 Å². The number of aliphatic carboxylic acids is 1. The van der Waals surface area contributed by atoms with Crippen molar-refractivity contribution in [1.29, 1.82) is 0 Å². The van der Waals surface area contributed by atoms with Crippen molar-refractivity contribution in [1.82, 2.24) is 15.5 Å². The van der Waals surface area contributed by atoms with E-state index in [1.165, 1.54) is 28.8 Å². The lowest BCUT2D eigenvalue weighted by molar-refractivity contribution is -0.146. The highest BCUT2D eigenvalue weighted by atomic mass is 32.2. The van der Waals surface area contributed by atoms with E-state index in [1.807, 2.05) is 13.2 Å². The minimum Gasteiger partial charge on any atom is -0.508 e. The molecular formula is C25H38N4O6S. The maximum absolute atomic E-state index is 13.5. The first kappa shape index (κ1) is 29.4. The largest absolute Gasteiger partial charge is 0.508 e. The molecule has 1 aliphatic rings. The molecule has 0 spiro atoms. The number of aromatic hydroxyl groups is 1. The third-order valence-corrected chi connectivity index (χ3v) is 7.21. The second-order valence-corrected chi connectivity index (χ2v) is 10.2. The number of likely N-dealkylation sites (tertiary alicyclic amines) is 1. The van der Waals surface area contributed by atoms with Gasteiger partial charge < -0.3 is 31.5 Å². The highest BCUT2D eigenvalue weighted by Crippen LogP contribution is 2.21. The molecule has 3 amide bonds. The van der Waals surface area contributed by atoms with Crippen molar-refractivity contribution in [3.63, 3.8) is 0 Å². The van der Waals surface area contributed by atoms with Crippen LogP contribution in [-0.4, -0.2) is 81.5 Å². The Kier molecular flexibility index (Phi) is 11.5. The zero-order valence-electron chi connectivity index (χ0n) is 21.1. The fourth-order valence-corrected chi connectivity index (χ4v) is 4.66. The standard InChI is InChI=1S/C25H38N4O6S/c1-4-15(2)21(25(34)35)28-23(32)20-6-5-12-29(20)24(33)19(11-13-36-3)27-22(31)18(26)14-16-7-9-17(30)10-8-16/h7-10,15,18-21,30H,4-6,11-14,26H2,1-3H3,(H,27,31)(H,28,32)(H,34,35). The summed E-state index contributed by atoms with van der Waals surface area (Å²) in [7, 11) is 0. The number of nitrogens with two attached hydrogens (primary N) is 1. The van der Waals surface area contributed by atoms with Crippen LogP contribution in [0.2, 0.25) is 0 Å². The summed E-state index contributed by atoms with van der Waals surface area (Å²) in [4.78, 5) is 52.4. The minimum atomic E-state index is -1.11. The Hall–Kier alpha value is -2.79. The van der Waals surface area contributed by atoms with Crippen LogP contribution in [0.3, 0.4) is 0 Å². The smallest absolute Gasteiger partial charge is 0.326 e. The first-order valence-electron chi connectivity index (χ1n) is 12.2. The number of nitrogens with one attached hydrogen (secondary N) is 2. The van der Waals surface area contributed by atoms with Crippen molar-refractivity contribution in [2.24, 2.45) is 11.7 Å². The molecule has 36 heavy (non-hydrogen) atoms. The van der Waals surface area contributed by atoms with E-state index in [-0.39, 0.29) is 24.0 Å². The number of carbonyl (C=O) groups excluding carboxylic acids is 3. The van der Waals surface area contributed by atoms with E-state index in [2.05, 4.69) is 10.6 Å². The number of phenols is 1. The van der Waals surface area contributed by atoms with Crippen LogP contribution in [0.5, 0.6) is 5.75 Å². The molecular weight excluding hydrogens is 484 g/mol. The number of hydrogen-bond donors (Lipinski definition) is 5. The number of nitrogens with zero attached hydrogens (tertiary/aromatic N) is 1. The van der Waals surface area contributed by atoms with Crippen LogP contribution < -0.4 is 16.4 Å². The molecule has 0 aromatic heterocycles. The Balaban J connectivity index is 2.10. The average Bonchev–Trinajstić information content (AvgIpc) is 3.35. The van der Waals surface area contributed by atoms with Crippen LogP contribution in [-0.2, 0) is 25.6 Å². The second kappa shape index (κ2) is 14.1. The quantitative estimate of drug-likeness (QED) is 0.257. The van der Waals surface area contributed by atoms with E-state index in [4.69, 9.17) is 5.73 Å². The maximum atomic E-state index is 13.5. The average molecular weight is 523 g/mol. The van der Waals surface area contributed by atoms with E-state index in [0.717, 1.165) is 5.56 Å². The zero-order valence-corrected chi connectivity index (χ0v) is 21.9. The number of carboxylic acids is 1. The highest BCUT2D eigenvalue weighted by molar-refractivity contribution is 7.98. The third-order valence-electron chi connectivity index (χ3n) is 6.57. The molecule has 11 heteroatoms. The van der Waals surface area contributed by atoms with Gasteiger partial charge in [-0.25, -0.2) is 4.79 Å². The number of rotatable bonds is 13. The van der Waals surface area contributed by atoms with Crippen molar-refractivity contribution in [3.05, 3.63) is 29.8 Å². The predicted molar refractivity (Wildman–Crippen MR) is 138 cm³/mol. The third kappa shape index (κ3) is 8.12. The van der Waals surface area contributed by atoms with Gasteiger partial charge in [-0.3, -0.25) is 14.4 Å². The van der Waals surface area contributed by atoms with Gasteiger partial charge in [-0.15, -0.1) is 0 Å². The van der Waals surface area contributed by atoms with Gasteiger partial charge in [0.05, 0.1) is 6.04 Å². The minimum absolute atomic E-state index is 0.113. The zero-order chi connectivity index (χ0) is 26.8. The molecule has 1 aromatic carbocycles. The molecule has 1 aliphatic heterocycles. The van der Waals surface area contributed by atoms with Crippen molar-refractivity contribution in [2.75, 3.05) is 18.6 Å². The lowest BCUT2D eigenvalue weighted by Crippen LogP contribution is -2.57. The van der Waals surface area contributed by atoms with Crippen LogP contribution in [0.1, 0.15) is 45.1 Å². The van der Waals surface area contributed by atoms with Gasteiger partial charge in [-0.2, -0.15) is 11.8 Å². The van der Waals surface area contributed by atoms with E-state index in [9.17, 15) is 29.4 Å². The first-order valence-corrected chi connectivity index (χ1v) is 13.6. The van der Waals surface area contributed by atoms with Gasteiger partial charge >= 0.3 is 5.97 Å². The summed E-state index contributed by atoms with van der Waals surface area (Å²) in [5.41, 5.74) is 6.86. The van der Waals surface area contributed by atoms with Crippen molar-refractivity contribution in [3.8, 4) is 5.75 Å². The summed E-state index contributed by atoms with van der Waals surface area (Å²) in [5.74, 6) is -1.99. The normalized spacial score (nSPS) is 18.7. The van der Waals surface area contributed by atoms with Gasteiger partial charge in [0.2, 0.25) is 17.7 Å². The number of phenolic OH excluding ortho intramolecular Hbond substituents is 1. The number of thioether (sulfide) groups is 1. The number of carbonyl (C=O) groups is 4. The molecule has 10 nitrogen and oxygen atoms in total. The summed E-state index contributed by atoms with van der Waals surface area (Å²) >= 11 is 1.53. The van der Waals surface area contributed by atoms with E-state index >= 15 is 0 Å². The Morgan fingerprint density at radius 2 is 1.86 bits per heavy atom. The first-order chi connectivity index (χ1) is 17.1. The molecule has 6 N–H and O–H groups in total. The van der Waals surface area contributed by atoms with E-state index in [0.29, 0.717) is 38.0 Å². The molecule has 0 aliphatic carbocycles. The van der Waals surface area contributed by atoms with Crippen molar-refractivity contribution < 1.29 is 29.4 Å². The fraction of sp³-hybridized carbons (Fsp3) is 0.600.